The van der Waals surface area contributed by atoms with Gasteiger partial charge in [-0.05, 0) is 5.56 Å². The van der Waals surface area contributed by atoms with Gasteiger partial charge in [-0.25, -0.2) is 0 Å². The molecule has 0 N–H and O–H groups in total. The van der Waals surface area contributed by atoms with E-state index in [1.165, 1.54) is 5.56 Å². The summed E-state index contributed by atoms with van der Waals surface area (Å²) in [6.45, 7) is 3.70. The van der Waals surface area contributed by atoms with Crippen LogP contribution in [0.5, 0.6) is 0 Å². The first-order valence-corrected chi connectivity index (χ1v) is 6.45. The molecule has 2 aromatic rings. The minimum Gasteiger partial charge on any atom is -0.309 e. The Morgan fingerprint density at radius 2 is 2.06 bits per heavy atom. The highest BCUT2D eigenvalue weighted by atomic mass is 32.2. The Balaban J connectivity index is 2.12. The van der Waals surface area contributed by atoms with Crippen molar-refractivity contribution in [3.05, 3.63) is 54.4 Å². The summed E-state index contributed by atoms with van der Waals surface area (Å²) in [5.74, 6) is 1.85. The van der Waals surface area contributed by atoms with Crippen LogP contribution in [0.2, 0.25) is 0 Å². The fraction of sp³-hybridized carbons (Fsp3) is 0.231. The van der Waals surface area contributed by atoms with Gasteiger partial charge in [0.25, 0.3) is 0 Å². The van der Waals surface area contributed by atoms with Gasteiger partial charge in [0, 0.05) is 19.2 Å². The molecule has 0 aliphatic heterocycles. The van der Waals surface area contributed by atoms with Gasteiger partial charge < -0.3 is 4.57 Å². The maximum atomic E-state index is 4.22. The summed E-state index contributed by atoms with van der Waals surface area (Å²) < 4.78 is 2.04. The molecule has 88 valence electrons. The topological polar surface area (TPSA) is 30.7 Å². The Kier molecular flexibility index (Phi) is 3.98. The Hall–Kier alpha value is -1.55. The van der Waals surface area contributed by atoms with Crippen molar-refractivity contribution in [1.29, 1.82) is 0 Å². The molecule has 0 saturated carbocycles. The summed E-state index contributed by atoms with van der Waals surface area (Å²) >= 11 is 1.65. The van der Waals surface area contributed by atoms with Crippen LogP contribution in [0.15, 0.2) is 48.1 Å². The van der Waals surface area contributed by atoms with E-state index in [9.17, 15) is 0 Å². The summed E-state index contributed by atoms with van der Waals surface area (Å²) in [5, 5.41) is 9.34. The molecule has 0 amide bonds. The number of thioether (sulfide) groups is 1. The van der Waals surface area contributed by atoms with Crippen molar-refractivity contribution in [3.63, 3.8) is 0 Å². The average Bonchev–Trinajstić information content (AvgIpc) is 2.70. The largest absolute Gasteiger partial charge is 0.309 e. The van der Waals surface area contributed by atoms with E-state index in [1.54, 1.807) is 11.8 Å². The van der Waals surface area contributed by atoms with E-state index in [4.69, 9.17) is 0 Å². The third kappa shape index (κ3) is 2.97. The Bertz CT molecular complexity index is 491. The van der Waals surface area contributed by atoms with Gasteiger partial charge in [0.2, 0.25) is 0 Å². The van der Waals surface area contributed by atoms with Crippen LogP contribution >= 0.6 is 11.8 Å². The van der Waals surface area contributed by atoms with E-state index < -0.39 is 0 Å². The normalized spacial score (nSPS) is 10.4. The van der Waals surface area contributed by atoms with Crippen LogP contribution < -0.4 is 0 Å². The lowest BCUT2D eigenvalue weighted by molar-refractivity contribution is 0.749. The smallest absolute Gasteiger partial charge is 0.191 e. The van der Waals surface area contributed by atoms with Crippen molar-refractivity contribution in [3.8, 4) is 0 Å². The first-order chi connectivity index (χ1) is 8.31. The first kappa shape index (κ1) is 11.9. The molecule has 0 radical (unpaired) electrons. The molecule has 3 nitrogen and oxygen atoms in total. The van der Waals surface area contributed by atoms with Crippen molar-refractivity contribution in [2.24, 2.45) is 7.05 Å². The van der Waals surface area contributed by atoms with Crippen LogP contribution in [0.1, 0.15) is 11.4 Å². The molecule has 1 heterocycles. The quantitative estimate of drug-likeness (QED) is 0.599. The van der Waals surface area contributed by atoms with Gasteiger partial charge in [-0.3, -0.25) is 0 Å². The molecule has 0 aliphatic carbocycles. The average molecular weight is 245 g/mol. The van der Waals surface area contributed by atoms with E-state index in [0.717, 1.165) is 23.2 Å². The van der Waals surface area contributed by atoms with Crippen molar-refractivity contribution in [2.45, 2.75) is 11.6 Å². The second-order valence-electron chi connectivity index (χ2n) is 3.72. The third-order valence-corrected chi connectivity index (χ3v) is 3.48. The molecule has 0 atom stereocenters. The first-order valence-electron chi connectivity index (χ1n) is 5.47. The van der Waals surface area contributed by atoms with Crippen LogP contribution in [0.3, 0.4) is 0 Å². The molecule has 2 rings (SSSR count). The molecule has 0 bridgehead atoms. The van der Waals surface area contributed by atoms with Gasteiger partial charge in [0.1, 0.15) is 5.82 Å². The van der Waals surface area contributed by atoms with E-state index in [2.05, 4.69) is 28.9 Å². The zero-order valence-corrected chi connectivity index (χ0v) is 10.7. The zero-order valence-electron chi connectivity index (χ0n) is 9.84. The number of benzene rings is 1. The van der Waals surface area contributed by atoms with Crippen molar-refractivity contribution in [1.82, 2.24) is 14.8 Å². The van der Waals surface area contributed by atoms with E-state index in [0.29, 0.717) is 0 Å². The number of hydrogen-bond acceptors (Lipinski definition) is 3. The van der Waals surface area contributed by atoms with Gasteiger partial charge in [0.15, 0.2) is 5.16 Å². The van der Waals surface area contributed by atoms with Crippen molar-refractivity contribution >= 4 is 11.8 Å². The zero-order chi connectivity index (χ0) is 12.1. The Morgan fingerprint density at radius 3 is 2.76 bits per heavy atom. The highest BCUT2D eigenvalue weighted by Crippen LogP contribution is 2.16. The fourth-order valence-electron chi connectivity index (χ4n) is 1.54. The predicted octanol–water partition coefficient (Wildman–Crippen LogP) is 2.68. The van der Waals surface area contributed by atoms with Crippen LogP contribution in [0.4, 0.5) is 0 Å². The molecule has 0 aliphatic rings. The summed E-state index contributed by atoms with van der Waals surface area (Å²) in [6, 6.07) is 10.3. The maximum Gasteiger partial charge on any atom is 0.191 e. The summed E-state index contributed by atoms with van der Waals surface area (Å²) in [6.07, 6.45) is 2.69. The molecule has 0 saturated heterocycles. The lowest BCUT2D eigenvalue weighted by Gasteiger charge is -2.02. The highest BCUT2D eigenvalue weighted by Gasteiger charge is 2.08. The summed E-state index contributed by atoms with van der Waals surface area (Å²) in [5.41, 5.74) is 1.25. The Labute approximate surface area is 106 Å². The standard InChI is InChI=1S/C13H15N3S/c1-3-9-17-13-15-14-12(16(13)2)10-11-7-5-4-6-8-11/h3-8H,1,9-10H2,2H3. The van der Waals surface area contributed by atoms with Gasteiger partial charge in [-0.2, -0.15) is 0 Å². The van der Waals surface area contributed by atoms with Crippen LogP contribution in [0, 0.1) is 0 Å². The minimum absolute atomic E-state index is 0.818. The van der Waals surface area contributed by atoms with E-state index >= 15 is 0 Å². The predicted molar refractivity (Wildman–Crippen MR) is 71.2 cm³/mol. The molecule has 17 heavy (non-hydrogen) atoms. The molecule has 0 unspecified atom stereocenters. The number of aromatic nitrogens is 3. The lowest BCUT2D eigenvalue weighted by atomic mass is 10.1. The van der Waals surface area contributed by atoms with Crippen LogP contribution in [-0.2, 0) is 13.5 Å². The molecular formula is C13H15N3S. The second-order valence-corrected chi connectivity index (χ2v) is 4.71. The van der Waals surface area contributed by atoms with Crippen LogP contribution in [-0.4, -0.2) is 20.5 Å². The number of rotatable bonds is 5. The number of nitrogens with zero attached hydrogens (tertiary/aromatic N) is 3. The van der Waals surface area contributed by atoms with Gasteiger partial charge in [-0.1, -0.05) is 48.2 Å². The second kappa shape index (κ2) is 5.68. The molecule has 1 aromatic heterocycles. The third-order valence-electron chi connectivity index (χ3n) is 2.46. The lowest BCUT2D eigenvalue weighted by Crippen LogP contribution is -2.00. The molecular weight excluding hydrogens is 230 g/mol. The van der Waals surface area contributed by atoms with Crippen LogP contribution in [0.25, 0.3) is 0 Å². The maximum absolute atomic E-state index is 4.22. The molecule has 4 heteroatoms. The molecule has 0 fully saturated rings. The fourth-order valence-corrected chi connectivity index (χ4v) is 2.20. The summed E-state index contributed by atoms with van der Waals surface area (Å²) in [4.78, 5) is 0. The van der Waals surface area contributed by atoms with Gasteiger partial charge in [0.05, 0.1) is 0 Å². The number of hydrogen-bond donors (Lipinski definition) is 0. The van der Waals surface area contributed by atoms with Gasteiger partial charge in [-0.15, -0.1) is 16.8 Å². The SMILES string of the molecule is C=CCSc1nnc(Cc2ccccc2)n1C. The van der Waals surface area contributed by atoms with E-state index in [1.807, 2.05) is 35.9 Å². The summed E-state index contributed by atoms with van der Waals surface area (Å²) in [7, 11) is 2.00. The van der Waals surface area contributed by atoms with E-state index in [-0.39, 0.29) is 0 Å². The van der Waals surface area contributed by atoms with Crippen molar-refractivity contribution < 1.29 is 0 Å². The molecule has 0 spiro atoms. The minimum atomic E-state index is 0.818. The Morgan fingerprint density at radius 1 is 1.29 bits per heavy atom. The highest BCUT2D eigenvalue weighted by molar-refractivity contribution is 7.99. The van der Waals surface area contributed by atoms with Gasteiger partial charge >= 0.3 is 0 Å². The molecule has 1 aromatic carbocycles. The van der Waals surface area contributed by atoms with Crippen molar-refractivity contribution in [2.75, 3.05) is 5.75 Å². The monoisotopic (exact) mass is 245 g/mol.